The van der Waals surface area contributed by atoms with Crippen molar-refractivity contribution in [2.24, 2.45) is 0 Å². The summed E-state index contributed by atoms with van der Waals surface area (Å²) >= 11 is 0. The standard InChI is InChI=1S/C21H28N4O/c26-21(10-15-25-13-2-1-3-14-25)24-20-6-4-18(5-7-20)16-23-17-19-8-11-22-12-9-19/h4-9,11-12,23H,1-3,10,13-17H2,(H,24,26). The molecule has 1 amide bonds. The van der Waals surface area contributed by atoms with E-state index in [9.17, 15) is 4.79 Å². The number of carbonyl (C=O) groups is 1. The SMILES string of the molecule is O=C(CCN1CCCCC1)Nc1ccc(CNCc2ccncc2)cc1. The van der Waals surface area contributed by atoms with E-state index in [0.717, 1.165) is 38.4 Å². The minimum Gasteiger partial charge on any atom is -0.326 e. The van der Waals surface area contributed by atoms with Crippen molar-refractivity contribution >= 4 is 11.6 Å². The van der Waals surface area contributed by atoms with E-state index in [1.807, 2.05) is 24.3 Å². The van der Waals surface area contributed by atoms with Crippen LogP contribution in [0.25, 0.3) is 0 Å². The van der Waals surface area contributed by atoms with Gasteiger partial charge in [-0.25, -0.2) is 0 Å². The van der Waals surface area contributed by atoms with E-state index in [-0.39, 0.29) is 5.91 Å². The molecule has 1 fully saturated rings. The molecule has 5 heteroatoms. The van der Waals surface area contributed by atoms with Gasteiger partial charge in [0, 0.05) is 44.1 Å². The van der Waals surface area contributed by atoms with E-state index < -0.39 is 0 Å². The predicted molar refractivity (Wildman–Crippen MR) is 105 cm³/mol. The van der Waals surface area contributed by atoms with Gasteiger partial charge < -0.3 is 15.5 Å². The quantitative estimate of drug-likeness (QED) is 0.766. The van der Waals surface area contributed by atoms with Crippen molar-refractivity contribution in [3.8, 4) is 0 Å². The number of aromatic nitrogens is 1. The van der Waals surface area contributed by atoms with Gasteiger partial charge in [0.1, 0.15) is 0 Å². The summed E-state index contributed by atoms with van der Waals surface area (Å²) in [7, 11) is 0. The normalized spacial score (nSPS) is 14.9. The summed E-state index contributed by atoms with van der Waals surface area (Å²) in [5, 5.41) is 6.41. The minimum absolute atomic E-state index is 0.0964. The summed E-state index contributed by atoms with van der Waals surface area (Å²) in [4.78, 5) is 18.5. The van der Waals surface area contributed by atoms with Crippen molar-refractivity contribution in [3.63, 3.8) is 0 Å². The molecular weight excluding hydrogens is 324 g/mol. The van der Waals surface area contributed by atoms with Crippen LogP contribution in [-0.4, -0.2) is 35.4 Å². The average Bonchev–Trinajstić information content (AvgIpc) is 2.69. The lowest BCUT2D eigenvalue weighted by Crippen LogP contribution is -2.32. The number of piperidine rings is 1. The van der Waals surface area contributed by atoms with Gasteiger partial charge in [-0.05, 0) is 61.3 Å². The maximum atomic E-state index is 12.1. The summed E-state index contributed by atoms with van der Waals surface area (Å²) in [6.45, 7) is 4.74. The second-order valence-corrected chi connectivity index (χ2v) is 6.86. The highest BCUT2D eigenvalue weighted by Crippen LogP contribution is 2.12. The van der Waals surface area contributed by atoms with Gasteiger partial charge in [-0.1, -0.05) is 18.6 Å². The number of likely N-dealkylation sites (tertiary alicyclic amines) is 1. The number of hydrogen-bond donors (Lipinski definition) is 2. The molecular formula is C21H28N4O. The first-order chi connectivity index (χ1) is 12.8. The Morgan fingerprint density at radius 3 is 2.27 bits per heavy atom. The topological polar surface area (TPSA) is 57.3 Å². The van der Waals surface area contributed by atoms with Crippen LogP contribution in [0.15, 0.2) is 48.8 Å². The lowest BCUT2D eigenvalue weighted by Gasteiger charge is -2.25. The Bertz CT molecular complexity index is 666. The number of benzene rings is 1. The number of nitrogens with zero attached hydrogens (tertiary/aromatic N) is 2. The van der Waals surface area contributed by atoms with Gasteiger partial charge in [-0.3, -0.25) is 9.78 Å². The van der Waals surface area contributed by atoms with Crippen molar-refractivity contribution in [1.29, 1.82) is 0 Å². The zero-order valence-electron chi connectivity index (χ0n) is 15.3. The first-order valence-electron chi connectivity index (χ1n) is 9.50. The molecule has 1 aromatic heterocycles. The van der Waals surface area contributed by atoms with Crippen LogP contribution in [0, 0.1) is 0 Å². The summed E-state index contributed by atoms with van der Waals surface area (Å²) in [6, 6.07) is 12.1. The molecule has 3 rings (SSSR count). The monoisotopic (exact) mass is 352 g/mol. The van der Waals surface area contributed by atoms with Crippen LogP contribution in [0.4, 0.5) is 5.69 Å². The summed E-state index contributed by atoms with van der Waals surface area (Å²) < 4.78 is 0. The highest BCUT2D eigenvalue weighted by Gasteiger charge is 2.11. The Kier molecular flexibility index (Phi) is 7.16. The fourth-order valence-corrected chi connectivity index (χ4v) is 3.22. The van der Waals surface area contributed by atoms with Crippen molar-refractivity contribution in [2.45, 2.75) is 38.8 Å². The average molecular weight is 352 g/mol. The Balaban J connectivity index is 1.37. The molecule has 2 N–H and O–H groups in total. The van der Waals surface area contributed by atoms with E-state index in [2.05, 4.69) is 32.7 Å². The molecule has 1 aromatic carbocycles. The molecule has 2 aromatic rings. The van der Waals surface area contributed by atoms with Gasteiger partial charge in [-0.2, -0.15) is 0 Å². The molecule has 1 aliphatic rings. The Hall–Kier alpha value is -2.24. The molecule has 1 saturated heterocycles. The largest absolute Gasteiger partial charge is 0.326 e. The molecule has 0 unspecified atom stereocenters. The van der Waals surface area contributed by atoms with Gasteiger partial charge in [-0.15, -0.1) is 0 Å². The summed E-state index contributed by atoms with van der Waals surface area (Å²) in [5.41, 5.74) is 3.29. The molecule has 0 aliphatic carbocycles. The van der Waals surface area contributed by atoms with Gasteiger partial charge in [0.2, 0.25) is 5.91 Å². The van der Waals surface area contributed by atoms with Crippen LogP contribution < -0.4 is 10.6 Å². The van der Waals surface area contributed by atoms with Crippen LogP contribution in [0.1, 0.15) is 36.8 Å². The third-order valence-electron chi connectivity index (χ3n) is 4.75. The third kappa shape index (κ3) is 6.24. The van der Waals surface area contributed by atoms with Crippen LogP contribution in [-0.2, 0) is 17.9 Å². The summed E-state index contributed by atoms with van der Waals surface area (Å²) in [5.74, 6) is 0.0964. The van der Waals surface area contributed by atoms with E-state index in [1.54, 1.807) is 12.4 Å². The lowest BCUT2D eigenvalue weighted by atomic mass is 10.1. The molecule has 0 spiro atoms. The molecule has 26 heavy (non-hydrogen) atoms. The van der Waals surface area contributed by atoms with E-state index >= 15 is 0 Å². The number of amides is 1. The van der Waals surface area contributed by atoms with Gasteiger partial charge in [0.05, 0.1) is 0 Å². The van der Waals surface area contributed by atoms with Gasteiger partial charge >= 0.3 is 0 Å². The van der Waals surface area contributed by atoms with E-state index in [1.165, 1.54) is 30.4 Å². The number of nitrogens with one attached hydrogen (secondary N) is 2. The van der Waals surface area contributed by atoms with Crippen LogP contribution in [0.3, 0.4) is 0 Å². The number of carbonyl (C=O) groups excluding carboxylic acids is 1. The Morgan fingerprint density at radius 1 is 0.923 bits per heavy atom. The van der Waals surface area contributed by atoms with Crippen LogP contribution >= 0.6 is 0 Å². The highest BCUT2D eigenvalue weighted by atomic mass is 16.1. The first-order valence-corrected chi connectivity index (χ1v) is 9.50. The number of rotatable bonds is 8. The Labute approximate surface area is 155 Å². The molecule has 2 heterocycles. The van der Waals surface area contributed by atoms with Crippen LogP contribution in [0.2, 0.25) is 0 Å². The maximum Gasteiger partial charge on any atom is 0.225 e. The zero-order valence-corrected chi connectivity index (χ0v) is 15.3. The number of pyridine rings is 1. The van der Waals surface area contributed by atoms with E-state index in [4.69, 9.17) is 0 Å². The van der Waals surface area contributed by atoms with Gasteiger partial charge in [0.25, 0.3) is 0 Å². The zero-order chi connectivity index (χ0) is 18.0. The second-order valence-electron chi connectivity index (χ2n) is 6.86. The fraction of sp³-hybridized carbons (Fsp3) is 0.429. The summed E-state index contributed by atoms with van der Waals surface area (Å²) in [6.07, 6.45) is 8.03. The lowest BCUT2D eigenvalue weighted by molar-refractivity contribution is -0.116. The molecule has 0 saturated carbocycles. The van der Waals surface area contributed by atoms with Crippen molar-refractivity contribution in [3.05, 3.63) is 59.9 Å². The molecule has 0 bridgehead atoms. The molecule has 5 nitrogen and oxygen atoms in total. The minimum atomic E-state index is 0.0964. The maximum absolute atomic E-state index is 12.1. The first kappa shape index (κ1) is 18.5. The van der Waals surface area contributed by atoms with E-state index in [0.29, 0.717) is 6.42 Å². The highest BCUT2D eigenvalue weighted by molar-refractivity contribution is 5.90. The molecule has 0 atom stereocenters. The van der Waals surface area contributed by atoms with Crippen molar-refractivity contribution < 1.29 is 4.79 Å². The molecule has 138 valence electrons. The molecule has 0 radical (unpaired) electrons. The number of anilines is 1. The fourth-order valence-electron chi connectivity index (χ4n) is 3.22. The van der Waals surface area contributed by atoms with Crippen molar-refractivity contribution in [2.75, 3.05) is 25.0 Å². The molecule has 1 aliphatic heterocycles. The third-order valence-corrected chi connectivity index (χ3v) is 4.75. The Morgan fingerprint density at radius 2 is 1.58 bits per heavy atom. The second kappa shape index (κ2) is 10.0. The smallest absolute Gasteiger partial charge is 0.225 e. The predicted octanol–water partition coefficient (Wildman–Crippen LogP) is 3.19. The number of hydrogen-bond acceptors (Lipinski definition) is 4. The van der Waals surface area contributed by atoms with Crippen LogP contribution in [0.5, 0.6) is 0 Å². The van der Waals surface area contributed by atoms with Crippen molar-refractivity contribution in [1.82, 2.24) is 15.2 Å². The van der Waals surface area contributed by atoms with Gasteiger partial charge in [0.15, 0.2) is 0 Å².